The normalized spacial score (nSPS) is 12.0. The molecule has 1 amide bonds. The highest BCUT2D eigenvalue weighted by Gasteiger charge is 2.20. The van der Waals surface area contributed by atoms with Gasteiger partial charge in [-0.15, -0.1) is 0 Å². The number of carboxylic acid groups (broad SMARTS) is 1. The van der Waals surface area contributed by atoms with Gasteiger partial charge in [-0.05, 0) is 52.3 Å². The number of ether oxygens (including phenoxy) is 1. The highest BCUT2D eigenvalue weighted by atomic mass is 32.2. The minimum Gasteiger partial charge on any atom is -0.480 e. The van der Waals surface area contributed by atoms with Crippen LogP contribution in [0.4, 0.5) is 4.79 Å². The first-order chi connectivity index (χ1) is 17.4. The number of rotatable bonds is 10. The summed E-state index contributed by atoms with van der Waals surface area (Å²) < 4.78 is 7.21. The van der Waals surface area contributed by atoms with E-state index in [9.17, 15) is 14.7 Å². The van der Waals surface area contributed by atoms with E-state index in [0.29, 0.717) is 5.75 Å². The number of thioether (sulfide) groups is 1. The molecule has 1 atom stereocenters. The number of para-hydroxylation sites is 1. The summed E-state index contributed by atoms with van der Waals surface area (Å²) in [6.45, 7) is 4.09. The Morgan fingerprint density at radius 2 is 1.61 bits per heavy atom. The van der Waals surface area contributed by atoms with Gasteiger partial charge in [0, 0.05) is 23.4 Å². The number of carbonyl (C=O) groups excluding carboxylic acids is 1. The molecule has 0 fully saturated rings. The maximum Gasteiger partial charge on any atom is 0.407 e. The average Bonchev–Trinajstić information content (AvgIpc) is 3.31. The molecule has 0 aliphatic heterocycles. The summed E-state index contributed by atoms with van der Waals surface area (Å²) in [5.74, 6) is 0.0141. The summed E-state index contributed by atoms with van der Waals surface area (Å²) in [5.41, 5.74) is 5.63. The molecule has 36 heavy (non-hydrogen) atoms. The molecule has 0 saturated heterocycles. The number of hydrogen-bond donors (Lipinski definition) is 2. The summed E-state index contributed by atoms with van der Waals surface area (Å²) in [6, 6.07) is 26.2. The minimum atomic E-state index is -1.07. The number of carbonyl (C=O) groups is 2. The van der Waals surface area contributed by atoms with Crippen LogP contribution in [-0.4, -0.2) is 40.1 Å². The third-order valence-electron chi connectivity index (χ3n) is 5.72. The summed E-state index contributed by atoms with van der Waals surface area (Å²) in [6.07, 6.45) is 1.39. The second-order valence-electron chi connectivity index (χ2n) is 9.03. The Morgan fingerprint density at radius 1 is 0.944 bits per heavy atom. The highest BCUT2D eigenvalue weighted by molar-refractivity contribution is 7.98. The quantitative estimate of drug-likeness (QED) is 0.264. The smallest absolute Gasteiger partial charge is 0.407 e. The number of aromatic nitrogens is 1. The van der Waals surface area contributed by atoms with Crippen LogP contribution in [0.25, 0.3) is 27.7 Å². The Balaban J connectivity index is 1.32. The van der Waals surface area contributed by atoms with Crippen molar-refractivity contribution in [3.63, 3.8) is 0 Å². The fourth-order valence-electron chi connectivity index (χ4n) is 3.81. The first-order valence-electron chi connectivity index (χ1n) is 11.9. The first kappa shape index (κ1) is 25.4. The number of benzene rings is 3. The molecule has 0 aliphatic carbocycles. The molecule has 7 heteroatoms. The van der Waals surface area contributed by atoms with E-state index in [4.69, 9.17) is 4.74 Å². The Kier molecular flexibility index (Phi) is 8.33. The van der Waals surface area contributed by atoms with Gasteiger partial charge in [-0.2, -0.15) is 11.8 Å². The monoisotopic (exact) mass is 502 g/mol. The molecule has 0 unspecified atom stereocenters. The van der Waals surface area contributed by atoms with Crippen LogP contribution >= 0.6 is 11.8 Å². The van der Waals surface area contributed by atoms with Crippen molar-refractivity contribution >= 4 is 34.7 Å². The number of fused-ring (bicyclic) bond motifs is 1. The lowest BCUT2D eigenvalue weighted by Crippen LogP contribution is -2.43. The van der Waals surface area contributed by atoms with Crippen molar-refractivity contribution in [2.75, 3.05) is 12.4 Å². The van der Waals surface area contributed by atoms with E-state index in [2.05, 4.69) is 82.8 Å². The lowest BCUT2D eigenvalue weighted by molar-refractivity contribution is -0.138. The van der Waals surface area contributed by atoms with Gasteiger partial charge in [-0.3, -0.25) is 0 Å². The molecule has 0 aliphatic rings. The molecule has 1 aromatic heterocycles. The van der Waals surface area contributed by atoms with Crippen molar-refractivity contribution in [2.45, 2.75) is 25.6 Å². The zero-order valence-electron chi connectivity index (χ0n) is 20.4. The Labute approximate surface area is 215 Å². The third kappa shape index (κ3) is 6.49. The second kappa shape index (κ2) is 11.8. The van der Waals surface area contributed by atoms with E-state index < -0.39 is 18.1 Å². The fourth-order valence-corrected chi connectivity index (χ4v) is 4.82. The Hall–Kier alpha value is -3.71. The van der Waals surface area contributed by atoms with Gasteiger partial charge in [-0.1, -0.05) is 68.4 Å². The average molecular weight is 503 g/mol. The van der Waals surface area contributed by atoms with Gasteiger partial charge in [0.2, 0.25) is 0 Å². The molecule has 186 valence electrons. The van der Waals surface area contributed by atoms with Crippen LogP contribution in [0.15, 0.2) is 85.1 Å². The van der Waals surface area contributed by atoms with E-state index in [-0.39, 0.29) is 18.3 Å². The number of nitrogens with zero attached hydrogens (tertiary/aromatic N) is 1. The van der Waals surface area contributed by atoms with Crippen molar-refractivity contribution < 1.29 is 19.4 Å². The zero-order valence-corrected chi connectivity index (χ0v) is 21.2. The van der Waals surface area contributed by atoms with Crippen LogP contribution in [0.2, 0.25) is 0 Å². The molecular formula is C29H30N2O4S. The predicted octanol–water partition coefficient (Wildman–Crippen LogP) is 6.37. The maximum atomic E-state index is 11.8. The highest BCUT2D eigenvalue weighted by Crippen LogP contribution is 2.25. The van der Waals surface area contributed by atoms with Gasteiger partial charge in [0.05, 0.1) is 12.1 Å². The summed E-state index contributed by atoms with van der Waals surface area (Å²) in [5, 5.41) is 13.1. The number of carboxylic acids is 1. The van der Waals surface area contributed by atoms with Crippen molar-refractivity contribution in [2.24, 2.45) is 5.92 Å². The van der Waals surface area contributed by atoms with E-state index >= 15 is 0 Å². The molecule has 0 spiro atoms. The van der Waals surface area contributed by atoms with Gasteiger partial charge in [0.15, 0.2) is 0 Å². The third-order valence-corrected chi connectivity index (χ3v) is 6.83. The molecule has 3 aromatic carbocycles. The van der Waals surface area contributed by atoms with Gasteiger partial charge in [-0.25, -0.2) is 9.59 Å². The lowest BCUT2D eigenvalue weighted by atomic mass is 10.0. The number of nitrogens with one attached hydrogen (secondary N) is 1. The van der Waals surface area contributed by atoms with Crippen LogP contribution in [0.1, 0.15) is 19.4 Å². The lowest BCUT2D eigenvalue weighted by Gasteiger charge is -2.15. The molecular weight excluding hydrogens is 472 g/mol. The summed E-state index contributed by atoms with van der Waals surface area (Å²) in [7, 11) is 0. The van der Waals surface area contributed by atoms with Crippen LogP contribution in [0, 0.1) is 5.92 Å². The van der Waals surface area contributed by atoms with Crippen molar-refractivity contribution in [1.82, 2.24) is 9.88 Å². The van der Waals surface area contributed by atoms with E-state index in [1.54, 1.807) is 0 Å². The summed E-state index contributed by atoms with van der Waals surface area (Å²) in [4.78, 5) is 23.3. The molecule has 2 N–H and O–H groups in total. The van der Waals surface area contributed by atoms with Crippen molar-refractivity contribution in [3.05, 3.63) is 90.6 Å². The van der Waals surface area contributed by atoms with Crippen LogP contribution in [-0.2, 0) is 15.3 Å². The molecule has 4 aromatic rings. The van der Waals surface area contributed by atoms with Crippen LogP contribution < -0.4 is 5.32 Å². The molecule has 0 saturated carbocycles. The number of hydrogen-bond acceptors (Lipinski definition) is 4. The molecule has 0 bridgehead atoms. The van der Waals surface area contributed by atoms with Crippen LogP contribution in [0.3, 0.4) is 0 Å². The molecule has 1 heterocycles. The minimum absolute atomic E-state index is 0.189. The SMILES string of the molecule is CC(C)COC(=O)N[C@@H](CSCc1ccc(-c2ccc(-n3ccc4ccccc43)cc2)cc1)C(=O)O. The standard InChI is InChI=1S/C29H30N2O4S/c1-20(2)17-35-29(34)30-26(28(32)33)19-36-18-21-7-9-22(10-8-21)23-11-13-25(14-12-23)31-16-15-24-5-3-4-6-27(24)31/h3-16,20,26H,17-19H2,1-2H3,(H,30,34)(H,32,33)/t26-/m0/s1. The van der Waals surface area contributed by atoms with Crippen molar-refractivity contribution in [1.29, 1.82) is 0 Å². The van der Waals surface area contributed by atoms with Gasteiger partial charge >= 0.3 is 12.1 Å². The van der Waals surface area contributed by atoms with E-state index in [1.165, 1.54) is 22.7 Å². The van der Waals surface area contributed by atoms with Gasteiger partial charge in [0.25, 0.3) is 0 Å². The van der Waals surface area contributed by atoms with Crippen LogP contribution in [0.5, 0.6) is 0 Å². The zero-order chi connectivity index (χ0) is 25.5. The Morgan fingerprint density at radius 3 is 2.28 bits per heavy atom. The number of amides is 1. The van der Waals surface area contributed by atoms with Crippen molar-refractivity contribution in [3.8, 4) is 16.8 Å². The fraction of sp³-hybridized carbons (Fsp3) is 0.241. The topological polar surface area (TPSA) is 80.6 Å². The Bertz CT molecular complexity index is 1310. The van der Waals surface area contributed by atoms with Gasteiger partial charge in [0.1, 0.15) is 6.04 Å². The number of alkyl carbamates (subject to hydrolysis) is 1. The number of aliphatic carboxylic acids is 1. The molecule has 4 rings (SSSR count). The largest absolute Gasteiger partial charge is 0.480 e. The molecule has 0 radical (unpaired) electrons. The van der Waals surface area contributed by atoms with E-state index in [0.717, 1.165) is 22.4 Å². The first-order valence-corrected chi connectivity index (χ1v) is 13.1. The maximum absolute atomic E-state index is 11.8. The molecule has 6 nitrogen and oxygen atoms in total. The second-order valence-corrected chi connectivity index (χ2v) is 10.1. The van der Waals surface area contributed by atoms with E-state index in [1.807, 2.05) is 26.0 Å². The van der Waals surface area contributed by atoms with Gasteiger partial charge < -0.3 is 19.7 Å². The summed E-state index contributed by atoms with van der Waals surface area (Å²) >= 11 is 1.46. The predicted molar refractivity (Wildman–Crippen MR) is 146 cm³/mol.